The minimum Gasteiger partial charge on any atom is -0.489 e. The van der Waals surface area contributed by atoms with Gasteiger partial charge < -0.3 is 10.1 Å². The molecule has 2 aliphatic rings. The van der Waals surface area contributed by atoms with Crippen molar-refractivity contribution in [3.63, 3.8) is 0 Å². The molecule has 5 aromatic rings. The Morgan fingerprint density at radius 1 is 0.727 bits per heavy atom. The van der Waals surface area contributed by atoms with Gasteiger partial charge >= 0.3 is 0 Å². The van der Waals surface area contributed by atoms with E-state index < -0.39 is 6.04 Å². The summed E-state index contributed by atoms with van der Waals surface area (Å²) in [5, 5.41) is 3.63. The molecule has 44 heavy (non-hydrogen) atoms. The fraction of sp³-hybridized carbons (Fsp3) is 0.128. The van der Waals surface area contributed by atoms with Crippen LogP contribution < -0.4 is 15.0 Å². The summed E-state index contributed by atoms with van der Waals surface area (Å²) in [6, 6.07) is 44.3. The average molecular weight is 577 g/mol. The molecule has 1 N–H and O–H groups in total. The monoisotopic (exact) mass is 576 g/mol. The largest absolute Gasteiger partial charge is 0.489 e. The van der Waals surface area contributed by atoms with Crippen LogP contribution in [-0.2, 0) is 11.4 Å². The highest BCUT2D eigenvalue weighted by atomic mass is 16.5. The first-order valence-electron chi connectivity index (χ1n) is 15.0. The van der Waals surface area contributed by atoms with Crippen molar-refractivity contribution in [1.29, 1.82) is 0 Å². The number of ether oxygens (including phenoxy) is 1. The number of amides is 1. The van der Waals surface area contributed by atoms with Crippen LogP contribution >= 0.6 is 0 Å². The third kappa shape index (κ3) is 5.29. The molecule has 5 heteroatoms. The van der Waals surface area contributed by atoms with E-state index in [2.05, 4.69) is 17.4 Å². The second kappa shape index (κ2) is 12.1. The van der Waals surface area contributed by atoms with Gasteiger partial charge in [0.1, 0.15) is 12.4 Å². The number of fused-ring (bicyclic) bond motifs is 1. The Labute approximate surface area is 257 Å². The van der Waals surface area contributed by atoms with Gasteiger partial charge in [-0.15, -0.1) is 0 Å². The molecule has 5 nitrogen and oxygen atoms in total. The van der Waals surface area contributed by atoms with Gasteiger partial charge in [0.25, 0.3) is 5.91 Å². The van der Waals surface area contributed by atoms with E-state index in [0.29, 0.717) is 42.0 Å². The maximum Gasteiger partial charge on any atom is 0.259 e. The van der Waals surface area contributed by atoms with Crippen molar-refractivity contribution in [2.75, 3.05) is 10.2 Å². The minimum atomic E-state index is -0.704. The van der Waals surface area contributed by atoms with Gasteiger partial charge in [-0.05, 0) is 53.8 Å². The van der Waals surface area contributed by atoms with Crippen molar-refractivity contribution in [1.82, 2.24) is 0 Å². The molecular weight excluding hydrogens is 544 g/mol. The summed E-state index contributed by atoms with van der Waals surface area (Å²) < 4.78 is 6.45. The van der Waals surface area contributed by atoms with Crippen LogP contribution in [0.5, 0.6) is 5.75 Å². The summed E-state index contributed by atoms with van der Waals surface area (Å²) >= 11 is 0. The first-order chi connectivity index (χ1) is 21.7. The molecule has 5 aromatic carbocycles. The first-order valence-corrected chi connectivity index (χ1v) is 15.0. The van der Waals surface area contributed by atoms with Crippen LogP contribution in [0.15, 0.2) is 151 Å². The van der Waals surface area contributed by atoms with Crippen LogP contribution in [0, 0.1) is 0 Å². The van der Waals surface area contributed by atoms with Crippen LogP contribution in [-0.4, -0.2) is 11.7 Å². The van der Waals surface area contributed by atoms with E-state index in [-0.39, 0.29) is 17.6 Å². The number of nitrogens with one attached hydrogen (secondary N) is 1. The molecule has 0 bridgehead atoms. The molecule has 0 radical (unpaired) electrons. The number of nitrogens with zero attached hydrogens (tertiary/aromatic N) is 1. The summed E-state index contributed by atoms with van der Waals surface area (Å²) in [5.41, 5.74) is 6.43. The molecule has 1 aliphatic heterocycles. The molecule has 0 saturated carbocycles. The lowest BCUT2D eigenvalue weighted by atomic mass is 9.78. The van der Waals surface area contributed by atoms with Gasteiger partial charge in [-0.2, -0.15) is 0 Å². The highest BCUT2D eigenvalue weighted by Gasteiger charge is 2.42. The Morgan fingerprint density at radius 2 is 1.36 bits per heavy atom. The van der Waals surface area contributed by atoms with Crippen molar-refractivity contribution in [3.05, 3.63) is 173 Å². The molecule has 2 atom stereocenters. The lowest BCUT2D eigenvalue weighted by molar-refractivity contribution is -0.116. The molecular formula is C39H32N2O3. The number of rotatable bonds is 6. The predicted molar refractivity (Wildman–Crippen MR) is 174 cm³/mol. The average Bonchev–Trinajstić information content (AvgIpc) is 3.23. The highest BCUT2D eigenvalue weighted by Crippen LogP contribution is 2.49. The van der Waals surface area contributed by atoms with Crippen LogP contribution in [0.3, 0.4) is 0 Å². The molecule has 7 rings (SSSR count). The smallest absolute Gasteiger partial charge is 0.259 e. The van der Waals surface area contributed by atoms with Gasteiger partial charge in [-0.25, -0.2) is 0 Å². The zero-order chi connectivity index (χ0) is 29.9. The van der Waals surface area contributed by atoms with E-state index in [1.54, 1.807) is 4.90 Å². The van der Waals surface area contributed by atoms with Crippen LogP contribution in [0.2, 0.25) is 0 Å². The number of para-hydroxylation sites is 3. The maximum atomic E-state index is 14.6. The van der Waals surface area contributed by atoms with Gasteiger partial charge in [0.05, 0.1) is 17.4 Å². The summed E-state index contributed by atoms with van der Waals surface area (Å²) in [7, 11) is 0. The molecule has 2 unspecified atom stereocenters. The van der Waals surface area contributed by atoms with E-state index >= 15 is 0 Å². The molecule has 0 saturated heterocycles. The fourth-order valence-electron chi connectivity index (χ4n) is 6.36. The number of ketones is 1. The molecule has 1 heterocycles. The molecule has 216 valence electrons. The van der Waals surface area contributed by atoms with Crippen molar-refractivity contribution < 1.29 is 14.3 Å². The molecule has 0 aromatic heterocycles. The van der Waals surface area contributed by atoms with Crippen molar-refractivity contribution in [2.45, 2.75) is 31.4 Å². The lowest BCUT2D eigenvalue weighted by Crippen LogP contribution is -2.38. The molecule has 0 spiro atoms. The second-order valence-corrected chi connectivity index (χ2v) is 11.2. The number of benzene rings is 5. The van der Waals surface area contributed by atoms with Crippen LogP contribution in [0.1, 0.15) is 51.8 Å². The summed E-state index contributed by atoms with van der Waals surface area (Å²) in [6.07, 6.45) is 1.01. The van der Waals surface area contributed by atoms with Crippen LogP contribution in [0.4, 0.5) is 11.4 Å². The SMILES string of the molecule is O=C1CC(c2ccccc2)CC2=C1C(c1ccccc1OCc1ccccc1)N(C(=O)c1ccccc1)c1ccccc1N2. The van der Waals surface area contributed by atoms with E-state index in [1.807, 2.05) is 127 Å². The standard InChI is InChI=1S/C39H32N2O3/c42-35-25-30(28-16-6-2-7-17-28)24-33-37(35)38(31-20-10-13-23-36(31)44-26-27-14-4-1-5-15-27)41(34-22-12-11-21-32(34)40-33)39(43)29-18-8-3-9-19-29/h1-23,30,38,40H,24-26H2. The van der Waals surface area contributed by atoms with Crippen molar-refractivity contribution in [3.8, 4) is 5.75 Å². The number of carbonyl (C=O) groups excluding carboxylic acids is 2. The fourth-order valence-corrected chi connectivity index (χ4v) is 6.36. The Balaban J connectivity index is 1.41. The van der Waals surface area contributed by atoms with E-state index in [1.165, 1.54) is 0 Å². The lowest BCUT2D eigenvalue weighted by Gasteiger charge is -2.36. The number of hydrogen-bond acceptors (Lipinski definition) is 4. The highest BCUT2D eigenvalue weighted by molar-refractivity contribution is 6.12. The third-order valence-corrected chi connectivity index (χ3v) is 8.45. The van der Waals surface area contributed by atoms with E-state index in [9.17, 15) is 9.59 Å². The summed E-state index contributed by atoms with van der Waals surface area (Å²) in [4.78, 5) is 30.8. The molecule has 1 aliphatic carbocycles. The van der Waals surface area contributed by atoms with Crippen molar-refractivity contribution in [2.24, 2.45) is 0 Å². The number of anilines is 2. The topological polar surface area (TPSA) is 58.6 Å². The number of Topliss-reactive ketones (excluding diaryl/α,β-unsaturated/α-hetero) is 1. The Hall–Kier alpha value is -5.42. The molecule has 1 amide bonds. The van der Waals surface area contributed by atoms with Gasteiger partial charge in [0, 0.05) is 28.8 Å². The molecule has 0 fully saturated rings. The van der Waals surface area contributed by atoms with Gasteiger partial charge in [-0.1, -0.05) is 109 Å². The Kier molecular flexibility index (Phi) is 7.51. The predicted octanol–water partition coefficient (Wildman–Crippen LogP) is 8.48. The first kappa shape index (κ1) is 27.4. The number of hydrogen-bond donors (Lipinski definition) is 1. The Morgan fingerprint density at radius 3 is 2.14 bits per heavy atom. The number of carbonyl (C=O) groups is 2. The zero-order valence-corrected chi connectivity index (χ0v) is 24.2. The van der Waals surface area contributed by atoms with Crippen molar-refractivity contribution >= 4 is 23.1 Å². The van der Waals surface area contributed by atoms with Crippen LogP contribution in [0.25, 0.3) is 0 Å². The summed E-state index contributed by atoms with van der Waals surface area (Å²) in [6.45, 7) is 0.363. The van der Waals surface area contributed by atoms with E-state index in [4.69, 9.17) is 4.74 Å². The number of allylic oxidation sites excluding steroid dienone is 1. The Bertz CT molecular complexity index is 1830. The summed E-state index contributed by atoms with van der Waals surface area (Å²) in [5.74, 6) is 0.503. The van der Waals surface area contributed by atoms with Gasteiger partial charge in [0.15, 0.2) is 5.78 Å². The quantitative estimate of drug-likeness (QED) is 0.220. The van der Waals surface area contributed by atoms with Gasteiger partial charge in [-0.3, -0.25) is 14.5 Å². The third-order valence-electron chi connectivity index (χ3n) is 8.45. The van der Waals surface area contributed by atoms with Gasteiger partial charge in [0.2, 0.25) is 0 Å². The maximum absolute atomic E-state index is 14.6. The normalized spacial score (nSPS) is 17.6. The second-order valence-electron chi connectivity index (χ2n) is 11.2. The van der Waals surface area contributed by atoms with E-state index in [0.717, 1.165) is 28.1 Å². The zero-order valence-electron chi connectivity index (χ0n) is 24.2. The minimum absolute atomic E-state index is 0.0223.